The highest BCUT2D eigenvalue weighted by molar-refractivity contribution is 9.10. The molecule has 0 spiro atoms. The summed E-state index contributed by atoms with van der Waals surface area (Å²) < 4.78 is 12.8. The Balaban J connectivity index is 1.59. The fourth-order valence-electron chi connectivity index (χ4n) is 4.00. The van der Waals surface area contributed by atoms with Crippen LogP contribution in [0.25, 0.3) is 6.08 Å². The normalized spacial score (nSPS) is 14.2. The Morgan fingerprint density at radius 1 is 1.06 bits per heavy atom. The average molecular weight is 547 g/mol. The van der Waals surface area contributed by atoms with Crippen molar-refractivity contribution in [2.45, 2.75) is 26.5 Å². The second kappa shape index (κ2) is 11.3. The van der Waals surface area contributed by atoms with Crippen LogP contribution in [0, 0.1) is 6.92 Å². The van der Waals surface area contributed by atoms with Crippen molar-refractivity contribution in [1.29, 1.82) is 0 Å². The van der Waals surface area contributed by atoms with E-state index in [2.05, 4.69) is 27.8 Å². The number of halogens is 1. The molecule has 3 aromatic rings. The summed E-state index contributed by atoms with van der Waals surface area (Å²) in [6.07, 6.45) is 3.98. The molecule has 0 bridgehead atoms. The molecule has 184 valence electrons. The highest BCUT2D eigenvalue weighted by atomic mass is 79.9. The molecule has 0 aromatic heterocycles. The van der Waals surface area contributed by atoms with Gasteiger partial charge in [0.25, 0.3) is 5.91 Å². The number of methoxy groups -OCH3 is 1. The molecule has 3 amide bonds. The van der Waals surface area contributed by atoms with Gasteiger partial charge in [-0.05, 0) is 60.4 Å². The lowest BCUT2D eigenvalue weighted by Crippen LogP contribution is -2.30. The van der Waals surface area contributed by atoms with Crippen LogP contribution in [0.4, 0.5) is 4.79 Å². The SMILES string of the molecule is C=CCc1cc(/C=C2/NC(=O)N(Cc3cccc(C)c3)C2=O)cc(OC)c1OCc1ccc(Br)cc1. The molecule has 1 heterocycles. The molecule has 0 unspecified atom stereocenters. The molecule has 36 heavy (non-hydrogen) atoms. The average Bonchev–Trinajstić information content (AvgIpc) is 3.11. The number of imide groups is 1. The van der Waals surface area contributed by atoms with E-state index in [1.807, 2.05) is 61.5 Å². The Morgan fingerprint density at radius 2 is 1.83 bits per heavy atom. The molecule has 0 aliphatic carbocycles. The van der Waals surface area contributed by atoms with Crippen LogP contribution in [0.2, 0.25) is 0 Å². The molecule has 0 atom stereocenters. The highest BCUT2D eigenvalue weighted by Gasteiger charge is 2.33. The van der Waals surface area contributed by atoms with Crippen molar-refractivity contribution in [1.82, 2.24) is 10.2 Å². The van der Waals surface area contributed by atoms with Gasteiger partial charge in [0, 0.05) is 10.0 Å². The second-order valence-corrected chi connectivity index (χ2v) is 9.40. The number of carbonyl (C=O) groups excluding carboxylic acids is 2. The smallest absolute Gasteiger partial charge is 0.329 e. The van der Waals surface area contributed by atoms with Crippen LogP contribution in [-0.2, 0) is 24.4 Å². The molecule has 6 nitrogen and oxygen atoms in total. The molecular formula is C29H27BrN2O4. The lowest BCUT2D eigenvalue weighted by Gasteiger charge is -2.16. The van der Waals surface area contributed by atoms with Gasteiger partial charge in [0.15, 0.2) is 11.5 Å². The monoisotopic (exact) mass is 546 g/mol. The number of carbonyl (C=O) groups is 2. The van der Waals surface area contributed by atoms with Gasteiger partial charge in [0.1, 0.15) is 12.3 Å². The molecule has 7 heteroatoms. The van der Waals surface area contributed by atoms with Gasteiger partial charge < -0.3 is 14.8 Å². The molecule has 0 radical (unpaired) electrons. The van der Waals surface area contributed by atoms with Crippen molar-refractivity contribution in [3.05, 3.63) is 111 Å². The number of nitrogens with zero attached hydrogens (tertiary/aromatic N) is 1. The summed E-state index contributed by atoms with van der Waals surface area (Å²) in [4.78, 5) is 26.8. The maximum atomic E-state index is 13.0. The number of rotatable bonds is 9. The van der Waals surface area contributed by atoms with Gasteiger partial charge >= 0.3 is 6.03 Å². The zero-order valence-corrected chi connectivity index (χ0v) is 21.8. The van der Waals surface area contributed by atoms with E-state index in [0.29, 0.717) is 30.1 Å². The van der Waals surface area contributed by atoms with E-state index in [9.17, 15) is 9.59 Å². The summed E-state index contributed by atoms with van der Waals surface area (Å²) >= 11 is 3.44. The highest BCUT2D eigenvalue weighted by Crippen LogP contribution is 2.35. The third-order valence-corrected chi connectivity index (χ3v) is 6.26. The van der Waals surface area contributed by atoms with Gasteiger partial charge in [-0.3, -0.25) is 9.69 Å². The first-order chi connectivity index (χ1) is 17.4. The van der Waals surface area contributed by atoms with Gasteiger partial charge in [-0.25, -0.2) is 4.79 Å². The number of hydrogen-bond donors (Lipinski definition) is 1. The third-order valence-electron chi connectivity index (χ3n) is 5.73. The summed E-state index contributed by atoms with van der Waals surface area (Å²) in [6, 6.07) is 18.9. The fourth-order valence-corrected chi connectivity index (χ4v) is 4.26. The number of ether oxygens (including phenoxy) is 2. The molecule has 1 aliphatic rings. The largest absolute Gasteiger partial charge is 0.493 e. The quantitative estimate of drug-likeness (QED) is 0.198. The predicted octanol–water partition coefficient (Wildman–Crippen LogP) is 6.17. The maximum Gasteiger partial charge on any atom is 0.329 e. The minimum absolute atomic E-state index is 0.206. The number of amides is 3. The van der Waals surface area contributed by atoms with Gasteiger partial charge in [-0.15, -0.1) is 6.58 Å². The Hall–Kier alpha value is -3.84. The molecule has 1 aliphatic heterocycles. The van der Waals surface area contributed by atoms with Crippen molar-refractivity contribution in [2.24, 2.45) is 0 Å². The van der Waals surface area contributed by atoms with Gasteiger partial charge in [0.05, 0.1) is 13.7 Å². The Bertz CT molecular complexity index is 1330. The molecule has 3 aromatic carbocycles. The first-order valence-corrected chi connectivity index (χ1v) is 12.3. The minimum Gasteiger partial charge on any atom is -0.493 e. The van der Waals surface area contributed by atoms with Crippen LogP contribution < -0.4 is 14.8 Å². The van der Waals surface area contributed by atoms with E-state index in [1.54, 1.807) is 25.3 Å². The lowest BCUT2D eigenvalue weighted by molar-refractivity contribution is -0.123. The zero-order chi connectivity index (χ0) is 25.7. The topological polar surface area (TPSA) is 67.9 Å². The standard InChI is InChI=1S/C29H27BrN2O4/c1-4-6-23-14-22(16-26(35-3)27(23)36-18-20-9-11-24(30)12-10-20)15-25-28(33)32(29(34)31-25)17-21-8-5-7-19(2)13-21/h4-5,7-16H,1,6,17-18H2,2-3H3,(H,31,34)/b25-15+. The number of hydrogen-bond acceptors (Lipinski definition) is 4. The second-order valence-electron chi connectivity index (χ2n) is 8.49. The summed E-state index contributed by atoms with van der Waals surface area (Å²) in [5.74, 6) is 0.776. The Kier molecular flexibility index (Phi) is 7.90. The van der Waals surface area contributed by atoms with Crippen LogP contribution in [0.15, 0.2) is 83.5 Å². The Morgan fingerprint density at radius 3 is 2.53 bits per heavy atom. The van der Waals surface area contributed by atoms with Crippen LogP contribution in [0.5, 0.6) is 11.5 Å². The third kappa shape index (κ3) is 5.86. The Labute approximate surface area is 219 Å². The summed E-state index contributed by atoms with van der Waals surface area (Å²) in [5, 5.41) is 2.69. The lowest BCUT2D eigenvalue weighted by atomic mass is 10.0. The zero-order valence-electron chi connectivity index (χ0n) is 20.2. The van der Waals surface area contributed by atoms with Crippen molar-refractivity contribution < 1.29 is 19.1 Å². The van der Waals surface area contributed by atoms with Crippen molar-refractivity contribution in [3.8, 4) is 11.5 Å². The fraction of sp³-hybridized carbons (Fsp3) is 0.172. The van der Waals surface area contributed by atoms with E-state index in [4.69, 9.17) is 9.47 Å². The summed E-state index contributed by atoms with van der Waals surface area (Å²) in [5.41, 5.74) is 4.76. The number of nitrogens with one attached hydrogen (secondary N) is 1. The van der Waals surface area contributed by atoms with Gasteiger partial charge in [0.2, 0.25) is 0 Å². The molecule has 4 rings (SSSR count). The number of benzene rings is 3. The van der Waals surface area contributed by atoms with Crippen LogP contribution in [0.3, 0.4) is 0 Å². The molecular weight excluding hydrogens is 520 g/mol. The van der Waals surface area contributed by atoms with E-state index < -0.39 is 6.03 Å². The maximum absolute atomic E-state index is 13.0. The van der Waals surface area contributed by atoms with Gasteiger partial charge in [-0.1, -0.05) is 64.0 Å². The minimum atomic E-state index is -0.444. The van der Waals surface area contributed by atoms with Crippen LogP contribution in [0.1, 0.15) is 27.8 Å². The first kappa shape index (κ1) is 25.3. The summed E-state index contributed by atoms with van der Waals surface area (Å²) in [6.45, 7) is 6.41. The van der Waals surface area contributed by atoms with Gasteiger partial charge in [-0.2, -0.15) is 0 Å². The first-order valence-electron chi connectivity index (χ1n) is 11.5. The van der Waals surface area contributed by atoms with Crippen molar-refractivity contribution >= 4 is 33.9 Å². The van der Waals surface area contributed by atoms with E-state index >= 15 is 0 Å². The molecule has 1 saturated heterocycles. The van der Waals surface area contributed by atoms with E-state index in [1.165, 1.54) is 4.90 Å². The summed E-state index contributed by atoms with van der Waals surface area (Å²) in [7, 11) is 1.57. The van der Waals surface area contributed by atoms with Crippen molar-refractivity contribution in [2.75, 3.05) is 7.11 Å². The molecule has 1 fully saturated rings. The van der Waals surface area contributed by atoms with E-state index in [-0.39, 0.29) is 18.1 Å². The van der Waals surface area contributed by atoms with Crippen LogP contribution in [-0.4, -0.2) is 23.9 Å². The molecule has 0 saturated carbocycles. The van der Waals surface area contributed by atoms with Crippen LogP contribution >= 0.6 is 15.9 Å². The predicted molar refractivity (Wildman–Crippen MR) is 144 cm³/mol. The number of aryl methyl sites for hydroxylation is 1. The van der Waals surface area contributed by atoms with Crippen molar-refractivity contribution in [3.63, 3.8) is 0 Å². The van der Waals surface area contributed by atoms with E-state index in [0.717, 1.165) is 26.7 Å². The number of urea groups is 1. The number of allylic oxidation sites excluding steroid dienone is 1. The molecule has 1 N–H and O–H groups in total.